The lowest BCUT2D eigenvalue weighted by Gasteiger charge is -2.23. The number of aryl methyl sites for hydroxylation is 1. The van der Waals surface area contributed by atoms with Crippen LogP contribution in [0.3, 0.4) is 0 Å². The molecule has 40 heavy (non-hydrogen) atoms. The highest BCUT2D eigenvalue weighted by molar-refractivity contribution is 8.14. The molecule has 3 aromatic carbocycles. The first-order valence-electron chi connectivity index (χ1n) is 11.8. The number of Topliss-reactive ketones (excluding diaryl/α,β-unsaturated/α-hetero) is 1. The molecular weight excluding hydrogens is 566 g/mol. The van der Waals surface area contributed by atoms with E-state index in [4.69, 9.17) is 4.74 Å². The minimum absolute atomic E-state index is 0.0877. The van der Waals surface area contributed by atoms with Crippen LogP contribution in [0.15, 0.2) is 72.0 Å². The van der Waals surface area contributed by atoms with Crippen molar-refractivity contribution in [2.75, 3.05) is 6.61 Å². The number of thioether (sulfide) groups is 1. The summed E-state index contributed by atoms with van der Waals surface area (Å²) in [4.78, 5) is 31.2. The largest absolute Gasteiger partial charge is 0.485 e. The first kappa shape index (κ1) is 27.5. The van der Waals surface area contributed by atoms with Gasteiger partial charge in [-0.05, 0) is 37.3 Å². The molecule has 1 unspecified atom stereocenters. The number of benzene rings is 3. The normalized spacial score (nSPS) is 14.8. The lowest BCUT2D eigenvalue weighted by atomic mass is 10.1. The number of ether oxygens (including phenoxy) is 1. The van der Waals surface area contributed by atoms with Crippen LogP contribution in [-0.2, 0) is 11.2 Å². The number of carbonyl (C=O) groups is 2. The second-order valence-electron chi connectivity index (χ2n) is 8.68. The molecule has 1 aliphatic heterocycles. The first-order chi connectivity index (χ1) is 19.2. The second kappa shape index (κ2) is 11.6. The number of nitrogens with zero attached hydrogens (tertiary/aromatic N) is 3. The molecule has 5 rings (SSSR count). The van der Waals surface area contributed by atoms with E-state index in [1.54, 1.807) is 30.5 Å². The van der Waals surface area contributed by atoms with E-state index in [9.17, 15) is 27.2 Å². The molecule has 0 fully saturated rings. The highest BCUT2D eigenvalue weighted by Gasteiger charge is 2.38. The summed E-state index contributed by atoms with van der Waals surface area (Å²) in [5, 5.41) is 5.12. The van der Waals surface area contributed by atoms with Crippen LogP contribution in [0.25, 0.3) is 0 Å². The van der Waals surface area contributed by atoms with Crippen molar-refractivity contribution in [1.29, 1.82) is 0 Å². The lowest BCUT2D eigenvalue weighted by Crippen LogP contribution is -2.28. The predicted octanol–water partition coefficient (Wildman–Crippen LogP) is 6.45. The van der Waals surface area contributed by atoms with E-state index in [-0.39, 0.29) is 29.6 Å². The maximum absolute atomic E-state index is 14.6. The zero-order valence-corrected chi connectivity index (χ0v) is 22.4. The Labute approximate surface area is 234 Å². The van der Waals surface area contributed by atoms with Gasteiger partial charge in [-0.15, -0.1) is 11.3 Å². The van der Waals surface area contributed by atoms with Gasteiger partial charge < -0.3 is 4.74 Å². The number of hydrogen-bond acceptors (Lipinski definition) is 7. The quantitative estimate of drug-likeness (QED) is 0.222. The summed E-state index contributed by atoms with van der Waals surface area (Å²) in [6.07, 6.45) is 1.77. The number of carbonyl (C=O) groups excluding carboxylic acids is 2. The Balaban J connectivity index is 1.46. The molecule has 6 nitrogen and oxygen atoms in total. The Bertz CT molecular complexity index is 1600. The molecule has 0 saturated heterocycles. The van der Waals surface area contributed by atoms with Crippen molar-refractivity contribution >= 4 is 39.8 Å². The van der Waals surface area contributed by atoms with Gasteiger partial charge in [0.1, 0.15) is 56.6 Å². The van der Waals surface area contributed by atoms with Gasteiger partial charge in [0.2, 0.25) is 0 Å². The van der Waals surface area contributed by atoms with Crippen LogP contribution in [0.4, 0.5) is 17.6 Å². The van der Waals surface area contributed by atoms with E-state index in [2.05, 4.69) is 10.1 Å². The van der Waals surface area contributed by atoms with E-state index < -0.39 is 40.1 Å². The van der Waals surface area contributed by atoms with Crippen molar-refractivity contribution in [3.05, 3.63) is 117 Å². The predicted molar refractivity (Wildman–Crippen MR) is 143 cm³/mol. The van der Waals surface area contributed by atoms with E-state index in [1.807, 2.05) is 6.92 Å². The van der Waals surface area contributed by atoms with Crippen molar-refractivity contribution < 1.29 is 31.9 Å². The Kier molecular flexibility index (Phi) is 7.99. The molecule has 0 N–H and O–H groups in total. The summed E-state index contributed by atoms with van der Waals surface area (Å²) < 4.78 is 62.1. The Morgan fingerprint density at radius 3 is 2.35 bits per heavy atom. The average molecular weight is 586 g/mol. The van der Waals surface area contributed by atoms with Gasteiger partial charge in [-0.2, -0.15) is 5.10 Å². The zero-order valence-electron chi connectivity index (χ0n) is 20.7. The fraction of sp³-hybridized carbons (Fsp3) is 0.143. The van der Waals surface area contributed by atoms with Crippen LogP contribution in [0, 0.1) is 30.2 Å². The van der Waals surface area contributed by atoms with Crippen LogP contribution in [-0.4, -0.2) is 33.3 Å². The Hall–Kier alpha value is -4.03. The minimum atomic E-state index is -1.38. The fourth-order valence-electron chi connectivity index (χ4n) is 3.93. The third-order valence-electron chi connectivity index (χ3n) is 5.76. The molecule has 1 aromatic heterocycles. The molecule has 1 atom stereocenters. The van der Waals surface area contributed by atoms with Crippen molar-refractivity contribution in [3.8, 4) is 5.75 Å². The van der Waals surface area contributed by atoms with Crippen molar-refractivity contribution in [2.45, 2.75) is 18.7 Å². The standard InChI is InChI=1S/C28H19F4N3O3S2/c1-15-13-33-24(39-15)12-19(36)14-38-23-5-3-2-4-20(23)28-35(27(37)25-21(31)10-18(30)11-22(25)32)34-26(40-28)16-6-8-17(29)9-7-16/h2-11,13,28H,12,14H2,1H3. The zero-order chi connectivity index (χ0) is 28.4. The number of halogens is 4. The third kappa shape index (κ3) is 5.92. The maximum atomic E-state index is 14.6. The maximum Gasteiger partial charge on any atom is 0.281 e. The first-order valence-corrected chi connectivity index (χ1v) is 13.5. The molecule has 0 saturated carbocycles. The van der Waals surface area contributed by atoms with Crippen LogP contribution in [0.2, 0.25) is 0 Å². The van der Waals surface area contributed by atoms with Gasteiger partial charge in [0.25, 0.3) is 5.91 Å². The molecule has 4 aromatic rings. The molecule has 0 spiro atoms. The minimum Gasteiger partial charge on any atom is -0.485 e. The third-order valence-corrected chi connectivity index (χ3v) is 7.89. The number of para-hydroxylation sites is 1. The van der Waals surface area contributed by atoms with Crippen LogP contribution < -0.4 is 4.74 Å². The summed E-state index contributed by atoms with van der Waals surface area (Å²) >= 11 is 2.47. The molecular formula is C28H19F4N3O3S2. The number of amides is 1. The monoisotopic (exact) mass is 585 g/mol. The molecule has 1 aliphatic rings. The van der Waals surface area contributed by atoms with Crippen molar-refractivity contribution in [2.24, 2.45) is 5.10 Å². The number of rotatable bonds is 8. The average Bonchev–Trinajstić information content (AvgIpc) is 3.54. The van der Waals surface area contributed by atoms with Crippen molar-refractivity contribution in [3.63, 3.8) is 0 Å². The van der Waals surface area contributed by atoms with Crippen LogP contribution in [0.5, 0.6) is 5.75 Å². The SMILES string of the molecule is Cc1cnc(CC(=O)COc2ccccc2C2SC(c3ccc(F)cc3)=NN2C(=O)c2c(F)cc(F)cc2F)s1. The van der Waals surface area contributed by atoms with Crippen LogP contribution in [0.1, 0.15) is 36.7 Å². The summed E-state index contributed by atoms with van der Waals surface area (Å²) in [6, 6.07) is 12.7. The summed E-state index contributed by atoms with van der Waals surface area (Å²) in [6.45, 7) is 1.60. The lowest BCUT2D eigenvalue weighted by molar-refractivity contribution is -0.120. The molecule has 204 valence electrons. The van der Waals surface area contributed by atoms with Gasteiger partial charge in [0.15, 0.2) is 5.78 Å². The molecule has 0 radical (unpaired) electrons. The van der Waals surface area contributed by atoms with Crippen molar-refractivity contribution in [1.82, 2.24) is 9.99 Å². The molecule has 0 aliphatic carbocycles. The molecule has 0 bridgehead atoms. The number of hydrazone groups is 1. The molecule has 2 heterocycles. The van der Waals surface area contributed by atoms with Gasteiger partial charge in [0.05, 0.1) is 6.42 Å². The highest BCUT2D eigenvalue weighted by atomic mass is 32.2. The Morgan fingerprint density at radius 1 is 0.975 bits per heavy atom. The summed E-state index contributed by atoms with van der Waals surface area (Å²) in [5.74, 6) is -5.57. The van der Waals surface area contributed by atoms with Gasteiger partial charge >= 0.3 is 0 Å². The fourth-order valence-corrected chi connectivity index (χ4v) is 5.93. The van der Waals surface area contributed by atoms with Crippen LogP contribution >= 0.6 is 23.1 Å². The van der Waals surface area contributed by atoms with E-state index >= 15 is 0 Å². The van der Waals surface area contributed by atoms with E-state index in [1.165, 1.54) is 35.6 Å². The number of hydrogen-bond donors (Lipinski definition) is 0. The Morgan fingerprint density at radius 2 is 1.68 bits per heavy atom. The smallest absolute Gasteiger partial charge is 0.281 e. The number of aromatic nitrogens is 1. The second-order valence-corrected chi connectivity index (χ2v) is 11.1. The summed E-state index contributed by atoms with van der Waals surface area (Å²) in [5.41, 5.74) is -0.134. The molecule has 1 amide bonds. The van der Waals surface area contributed by atoms with E-state index in [0.29, 0.717) is 28.3 Å². The van der Waals surface area contributed by atoms with Gasteiger partial charge in [-0.1, -0.05) is 30.0 Å². The van der Waals surface area contributed by atoms with E-state index in [0.717, 1.165) is 21.6 Å². The number of ketones is 1. The highest BCUT2D eigenvalue weighted by Crippen LogP contribution is 2.45. The molecule has 12 heteroatoms. The summed E-state index contributed by atoms with van der Waals surface area (Å²) in [7, 11) is 0. The van der Waals surface area contributed by atoms with Gasteiger partial charge in [-0.3, -0.25) is 9.59 Å². The number of thiazole rings is 1. The topological polar surface area (TPSA) is 71.9 Å². The van der Waals surface area contributed by atoms with Gasteiger partial charge in [0, 0.05) is 34.3 Å². The van der Waals surface area contributed by atoms with Gasteiger partial charge in [-0.25, -0.2) is 27.6 Å².